The Labute approximate surface area is 142 Å². The Bertz CT molecular complexity index is 353. The molecule has 3 atom stereocenters. The maximum atomic E-state index is 12.4. The van der Waals surface area contributed by atoms with Crippen molar-refractivity contribution in [3.8, 4) is 0 Å². The molecule has 0 amide bonds. The number of likely N-dealkylation sites (N-methyl/N-ethyl adjacent to an activating group) is 1. The fourth-order valence-electron chi connectivity index (χ4n) is 4.20. The van der Waals surface area contributed by atoms with Crippen molar-refractivity contribution in [3.05, 3.63) is 0 Å². The standard InChI is InChI=1S/C18H34NO2.ClH/c1-14(2)16-9-8-15(3)12-17(16)21-18(20)13-19(4)10-6-5-7-11-19;/h14-17H,5-13H2,1-4H3;1H/q+1;/p-1. The third-order valence-electron chi connectivity index (χ3n) is 5.65. The zero-order valence-corrected chi connectivity index (χ0v) is 15.6. The molecule has 0 N–H and O–H groups in total. The maximum Gasteiger partial charge on any atom is 0.362 e. The summed E-state index contributed by atoms with van der Waals surface area (Å²) in [4.78, 5) is 12.4. The van der Waals surface area contributed by atoms with Gasteiger partial charge in [0.15, 0.2) is 6.54 Å². The largest absolute Gasteiger partial charge is 1.00 e. The van der Waals surface area contributed by atoms with E-state index in [9.17, 15) is 4.79 Å². The first kappa shape index (κ1) is 19.8. The van der Waals surface area contributed by atoms with Crippen molar-refractivity contribution in [1.82, 2.24) is 0 Å². The number of nitrogens with zero attached hydrogens (tertiary/aromatic N) is 1. The Morgan fingerprint density at radius 2 is 1.82 bits per heavy atom. The number of likely N-dealkylation sites (tertiary alicyclic amines) is 1. The number of piperidine rings is 1. The minimum atomic E-state index is 0. The molecule has 0 bridgehead atoms. The first-order chi connectivity index (χ1) is 9.89. The number of halogens is 1. The van der Waals surface area contributed by atoms with Crippen LogP contribution < -0.4 is 12.4 Å². The van der Waals surface area contributed by atoms with Gasteiger partial charge in [-0.3, -0.25) is 0 Å². The molecule has 0 aromatic rings. The fraction of sp³-hybridized carbons (Fsp3) is 0.944. The van der Waals surface area contributed by atoms with Crippen LogP contribution in [0.3, 0.4) is 0 Å². The van der Waals surface area contributed by atoms with Crippen LogP contribution in [-0.4, -0.2) is 43.2 Å². The topological polar surface area (TPSA) is 26.3 Å². The normalized spacial score (nSPS) is 31.4. The van der Waals surface area contributed by atoms with Crippen LogP contribution in [0, 0.1) is 17.8 Å². The summed E-state index contributed by atoms with van der Waals surface area (Å²) in [5.74, 6) is 1.88. The number of hydrogen-bond donors (Lipinski definition) is 0. The zero-order valence-electron chi connectivity index (χ0n) is 14.8. The van der Waals surface area contributed by atoms with Crippen molar-refractivity contribution in [2.45, 2.75) is 65.4 Å². The van der Waals surface area contributed by atoms with Crippen molar-refractivity contribution in [1.29, 1.82) is 0 Å². The lowest BCUT2D eigenvalue weighted by Crippen LogP contribution is -3.00. The van der Waals surface area contributed by atoms with Gasteiger partial charge in [0.2, 0.25) is 0 Å². The molecule has 2 fully saturated rings. The van der Waals surface area contributed by atoms with E-state index in [-0.39, 0.29) is 24.5 Å². The number of carbonyl (C=O) groups excluding carboxylic acids is 1. The van der Waals surface area contributed by atoms with Crippen molar-refractivity contribution < 1.29 is 26.4 Å². The minimum Gasteiger partial charge on any atom is -1.00 e. The third kappa shape index (κ3) is 5.42. The zero-order chi connectivity index (χ0) is 15.5. The molecule has 2 aliphatic rings. The molecule has 1 saturated heterocycles. The van der Waals surface area contributed by atoms with Gasteiger partial charge in [-0.1, -0.05) is 27.2 Å². The third-order valence-corrected chi connectivity index (χ3v) is 5.65. The maximum absolute atomic E-state index is 12.4. The summed E-state index contributed by atoms with van der Waals surface area (Å²) in [5, 5.41) is 0. The molecule has 0 aromatic heterocycles. The average molecular weight is 332 g/mol. The Hall–Kier alpha value is -0.280. The molecule has 3 unspecified atom stereocenters. The van der Waals surface area contributed by atoms with Crippen molar-refractivity contribution in [2.24, 2.45) is 17.8 Å². The SMILES string of the molecule is CC1CCC(C(C)C)C(OC(=O)C[N+]2(C)CCCCC2)C1.[Cl-]. The van der Waals surface area contributed by atoms with Gasteiger partial charge in [-0.05, 0) is 49.9 Å². The highest BCUT2D eigenvalue weighted by Crippen LogP contribution is 2.35. The van der Waals surface area contributed by atoms with Crippen LogP contribution in [0.4, 0.5) is 0 Å². The van der Waals surface area contributed by atoms with E-state index in [0.717, 1.165) is 24.0 Å². The highest BCUT2D eigenvalue weighted by Gasteiger charge is 2.35. The monoisotopic (exact) mass is 331 g/mol. The highest BCUT2D eigenvalue weighted by atomic mass is 35.5. The van der Waals surface area contributed by atoms with Gasteiger partial charge in [-0.25, -0.2) is 4.79 Å². The molecule has 1 aliphatic carbocycles. The van der Waals surface area contributed by atoms with Gasteiger partial charge in [-0.2, -0.15) is 0 Å². The first-order valence-electron chi connectivity index (χ1n) is 8.93. The lowest BCUT2D eigenvalue weighted by atomic mass is 9.75. The average Bonchev–Trinajstić information content (AvgIpc) is 2.38. The Kier molecular flexibility index (Phi) is 7.67. The molecule has 2 rings (SSSR count). The van der Waals surface area contributed by atoms with Crippen LogP contribution in [-0.2, 0) is 9.53 Å². The molecular formula is C18H34ClNO2. The fourth-order valence-corrected chi connectivity index (χ4v) is 4.20. The molecule has 0 aromatic carbocycles. The summed E-state index contributed by atoms with van der Waals surface area (Å²) in [7, 11) is 2.21. The predicted octanol–water partition coefficient (Wildman–Crippen LogP) is 0.625. The molecule has 4 heteroatoms. The summed E-state index contributed by atoms with van der Waals surface area (Å²) >= 11 is 0. The van der Waals surface area contributed by atoms with Crippen LogP contribution in [0.5, 0.6) is 0 Å². The predicted molar refractivity (Wildman–Crippen MR) is 85.9 cm³/mol. The molecule has 130 valence electrons. The van der Waals surface area contributed by atoms with Gasteiger partial charge in [-0.15, -0.1) is 0 Å². The van der Waals surface area contributed by atoms with E-state index in [1.807, 2.05) is 0 Å². The molecule has 0 spiro atoms. The second-order valence-electron chi connectivity index (χ2n) is 8.14. The Morgan fingerprint density at radius 1 is 1.18 bits per heavy atom. The van der Waals surface area contributed by atoms with Gasteiger partial charge >= 0.3 is 5.97 Å². The summed E-state index contributed by atoms with van der Waals surface area (Å²) in [6, 6.07) is 0. The molecule has 3 nitrogen and oxygen atoms in total. The second-order valence-corrected chi connectivity index (χ2v) is 8.14. The summed E-state index contributed by atoms with van der Waals surface area (Å²) in [6.07, 6.45) is 7.51. The summed E-state index contributed by atoms with van der Waals surface area (Å²) in [6.45, 7) is 9.64. The minimum absolute atomic E-state index is 0. The van der Waals surface area contributed by atoms with Gasteiger partial charge in [0, 0.05) is 0 Å². The summed E-state index contributed by atoms with van der Waals surface area (Å²) in [5.41, 5.74) is 0. The Balaban J connectivity index is 0.00000242. The van der Waals surface area contributed by atoms with Crippen LogP contribution in [0.1, 0.15) is 59.3 Å². The number of esters is 1. The van der Waals surface area contributed by atoms with E-state index in [0.29, 0.717) is 24.3 Å². The molecule has 1 heterocycles. The number of rotatable bonds is 4. The van der Waals surface area contributed by atoms with Crippen molar-refractivity contribution >= 4 is 5.97 Å². The van der Waals surface area contributed by atoms with Gasteiger partial charge in [0.1, 0.15) is 6.10 Å². The van der Waals surface area contributed by atoms with E-state index >= 15 is 0 Å². The first-order valence-corrected chi connectivity index (χ1v) is 8.93. The van der Waals surface area contributed by atoms with E-state index in [1.54, 1.807) is 0 Å². The second kappa shape index (κ2) is 8.54. The quantitative estimate of drug-likeness (QED) is 0.558. The highest BCUT2D eigenvalue weighted by molar-refractivity contribution is 5.70. The molecule has 22 heavy (non-hydrogen) atoms. The smallest absolute Gasteiger partial charge is 0.362 e. The van der Waals surface area contributed by atoms with Crippen molar-refractivity contribution in [3.63, 3.8) is 0 Å². The van der Waals surface area contributed by atoms with Crippen LogP contribution in [0.25, 0.3) is 0 Å². The molecular weight excluding hydrogens is 298 g/mol. The molecule has 1 saturated carbocycles. The number of quaternary nitrogens is 1. The van der Waals surface area contributed by atoms with Gasteiger partial charge in [0.05, 0.1) is 20.1 Å². The van der Waals surface area contributed by atoms with Crippen LogP contribution in [0.15, 0.2) is 0 Å². The number of hydrogen-bond acceptors (Lipinski definition) is 2. The molecule has 0 radical (unpaired) electrons. The van der Waals surface area contributed by atoms with E-state index < -0.39 is 0 Å². The van der Waals surface area contributed by atoms with E-state index in [2.05, 4.69) is 27.8 Å². The van der Waals surface area contributed by atoms with E-state index in [4.69, 9.17) is 4.74 Å². The van der Waals surface area contributed by atoms with Gasteiger partial charge < -0.3 is 21.6 Å². The van der Waals surface area contributed by atoms with Crippen LogP contribution >= 0.6 is 0 Å². The number of ether oxygens (including phenoxy) is 1. The molecule has 1 aliphatic heterocycles. The van der Waals surface area contributed by atoms with Gasteiger partial charge in [0.25, 0.3) is 0 Å². The van der Waals surface area contributed by atoms with Crippen LogP contribution in [0.2, 0.25) is 0 Å². The lowest BCUT2D eigenvalue weighted by Gasteiger charge is -2.39. The Morgan fingerprint density at radius 3 is 2.41 bits per heavy atom. The number of carbonyl (C=O) groups is 1. The lowest BCUT2D eigenvalue weighted by molar-refractivity contribution is -0.907. The summed E-state index contributed by atoms with van der Waals surface area (Å²) < 4.78 is 6.83. The van der Waals surface area contributed by atoms with E-state index in [1.165, 1.54) is 32.1 Å². The van der Waals surface area contributed by atoms with Crippen molar-refractivity contribution in [2.75, 3.05) is 26.7 Å².